The summed E-state index contributed by atoms with van der Waals surface area (Å²) >= 11 is 6.02. The minimum Gasteiger partial charge on any atom is -0.343 e. The van der Waals surface area contributed by atoms with Gasteiger partial charge in [-0.1, -0.05) is 28.9 Å². The Balaban J connectivity index is 1.87. The summed E-state index contributed by atoms with van der Waals surface area (Å²) in [5, 5.41) is 7.70. The van der Waals surface area contributed by atoms with Crippen molar-refractivity contribution in [3.05, 3.63) is 46.6 Å². The van der Waals surface area contributed by atoms with Crippen LogP contribution < -0.4 is 5.32 Å². The van der Waals surface area contributed by atoms with Gasteiger partial charge in [0.2, 0.25) is 6.39 Å². The third kappa shape index (κ3) is 2.81. The van der Waals surface area contributed by atoms with Crippen molar-refractivity contribution >= 4 is 11.6 Å². The number of rotatable bonds is 4. The molecule has 0 aliphatic carbocycles. The fourth-order valence-electron chi connectivity index (χ4n) is 1.34. The van der Waals surface area contributed by atoms with E-state index in [0.29, 0.717) is 12.4 Å². The van der Waals surface area contributed by atoms with Crippen molar-refractivity contribution in [2.24, 2.45) is 0 Å². The summed E-state index contributed by atoms with van der Waals surface area (Å²) < 4.78 is 4.63. The van der Waals surface area contributed by atoms with Crippen molar-refractivity contribution in [2.45, 2.75) is 20.0 Å². The second-order valence-corrected chi connectivity index (χ2v) is 3.94. The van der Waals surface area contributed by atoms with E-state index in [2.05, 4.69) is 20.0 Å². The van der Waals surface area contributed by atoms with E-state index in [9.17, 15) is 0 Å². The molecule has 2 aromatic rings. The van der Waals surface area contributed by atoms with Gasteiger partial charge in [0, 0.05) is 11.6 Å². The molecule has 84 valence electrons. The van der Waals surface area contributed by atoms with Crippen LogP contribution in [0.1, 0.15) is 17.0 Å². The molecule has 0 unspecified atom stereocenters. The zero-order chi connectivity index (χ0) is 11.4. The van der Waals surface area contributed by atoms with Crippen molar-refractivity contribution in [1.82, 2.24) is 15.5 Å². The number of nitrogens with one attached hydrogen (secondary N) is 1. The highest BCUT2D eigenvalue weighted by Gasteiger charge is 2.00. The number of benzene rings is 1. The lowest BCUT2D eigenvalue weighted by molar-refractivity contribution is 0.407. The predicted octanol–water partition coefficient (Wildman–Crippen LogP) is 2.32. The Morgan fingerprint density at radius 1 is 1.38 bits per heavy atom. The lowest BCUT2D eigenvalue weighted by Crippen LogP contribution is -2.13. The average Bonchev–Trinajstić information content (AvgIpc) is 2.76. The molecule has 0 fully saturated rings. The fraction of sp³-hybridized carbons (Fsp3) is 0.273. The molecular weight excluding hydrogens is 226 g/mol. The predicted molar refractivity (Wildman–Crippen MR) is 61.0 cm³/mol. The highest BCUT2D eigenvalue weighted by Crippen LogP contribution is 2.16. The van der Waals surface area contributed by atoms with Crippen LogP contribution in [0.15, 0.2) is 29.1 Å². The molecule has 1 heterocycles. The molecule has 0 bridgehead atoms. The number of hydrogen-bond donors (Lipinski definition) is 1. The first-order valence-electron chi connectivity index (χ1n) is 4.96. The summed E-state index contributed by atoms with van der Waals surface area (Å²) in [6, 6.07) is 6.01. The Hall–Kier alpha value is -1.39. The van der Waals surface area contributed by atoms with E-state index in [-0.39, 0.29) is 0 Å². The Morgan fingerprint density at radius 2 is 2.25 bits per heavy atom. The maximum absolute atomic E-state index is 6.02. The van der Waals surface area contributed by atoms with E-state index in [1.165, 1.54) is 6.39 Å². The molecule has 0 atom stereocenters. The summed E-state index contributed by atoms with van der Waals surface area (Å²) in [5.41, 5.74) is 2.22. The number of aryl methyl sites for hydroxylation is 1. The summed E-state index contributed by atoms with van der Waals surface area (Å²) in [5.74, 6) is 0.651. The molecule has 0 aliphatic rings. The van der Waals surface area contributed by atoms with Gasteiger partial charge >= 0.3 is 0 Å². The molecule has 0 saturated carbocycles. The van der Waals surface area contributed by atoms with E-state index in [4.69, 9.17) is 11.6 Å². The molecule has 0 aliphatic heterocycles. The molecule has 1 aromatic heterocycles. The quantitative estimate of drug-likeness (QED) is 0.887. The molecular formula is C11H12ClN3O. The molecule has 0 saturated heterocycles. The van der Waals surface area contributed by atoms with Gasteiger partial charge in [0.1, 0.15) is 0 Å². The summed E-state index contributed by atoms with van der Waals surface area (Å²) in [6.07, 6.45) is 1.32. The Morgan fingerprint density at radius 3 is 2.94 bits per heavy atom. The normalized spacial score (nSPS) is 10.6. The van der Waals surface area contributed by atoms with Crippen molar-refractivity contribution in [3.63, 3.8) is 0 Å². The second-order valence-electron chi connectivity index (χ2n) is 3.53. The van der Waals surface area contributed by atoms with Gasteiger partial charge in [0.05, 0.1) is 6.54 Å². The minimum atomic E-state index is 0.585. The molecule has 0 amide bonds. The first kappa shape index (κ1) is 11.1. The van der Waals surface area contributed by atoms with E-state index in [1.807, 2.05) is 25.1 Å². The van der Waals surface area contributed by atoms with Crippen LogP contribution >= 0.6 is 11.6 Å². The monoisotopic (exact) mass is 237 g/mol. The van der Waals surface area contributed by atoms with Crippen LogP contribution in [0.2, 0.25) is 5.02 Å². The highest BCUT2D eigenvalue weighted by molar-refractivity contribution is 6.31. The van der Waals surface area contributed by atoms with Crippen molar-refractivity contribution in [1.29, 1.82) is 0 Å². The Kier molecular flexibility index (Phi) is 3.54. The zero-order valence-corrected chi connectivity index (χ0v) is 9.66. The van der Waals surface area contributed by atoms with Crippen molar-refractivity contribution in [3.8, 4) is 0 Å². The third-order valence-corrected chi connectivity index (χ3v) is 2.66. The van der Waals surface area contributed by atoms with Crippen LogP contribution in [-0.2, 0) is 13.1 Å². The maximum Gasteiger partial charge on any atom is 0.213 e. The van der Waals surface area contributed by atoms with Crippen molar-refractivity contribution < 1.29 is 4.52 Å². The zero-order valence-electron chi connectivity index (χ0n) is 8.90. The van der Waals surface area contributed by atoms with Crippen LogP contribution in [0.3, 0.4) is 0 Å². The largest absolute Gasteiger partial charge is 0.343 e. The number of hydrogen-bond acceptors (Lipinski definition) is 4. The number of nitrogens with zero attached hydrogens (tertiary/aromatic N) is 2. The topological polar surface area (TPSA) is 51.0 Å². The molecule has 2 rings (SSSR count). The van der Waals surface area contributed by atoms with Crippen molar-refractivity contribution in [2.75, 3.05) is 0 Å². The van der Waals surface area contributed by atoms with E-state index >= 15 is 0 Å². The van der Waals surface area contributed by atoms with Crippen LogP contribution in [0.4, 0.5) is 0 Å². The minimum absolute atomic E-state index is 0.585. The van der Waals surface area contributed by atoms with E-state index in [1.54, 1.807) is 0 Å². The van der Waals surface area contributed by atoms with Gasteiger partial charge < -0.3 is 9.84 Å². The molecule has 4 nitrogen and oxygen atoms in total. The molecule has 1 N–H and O–H groups in total. The summed E-state index contributed by atoms with van der Waals surface area (Å²) in [4.78, 5) is 3.91. The molecule has 0 spiro atoms. The lowest BCUT2D eigenvalue weighted by atomic mass is 10.1. The number of aromatic nitrogens is 2. The fourth-order valence-corrected chi connectivity index (χ4v) is 1.54. The summed E-state index contributed by atoms with van der Waals surface area (Å²) in [7, 11) is 0. The SMILES string of the molecule is Cc1ccc(CNCc2ncon2)cc1Cl. The lowest BCUT2D eigenvalue weighted by Gasteiger charge is -2.04. The van der Waals surface area contributed by atoms with Gasteiger partial charge in [-0.3, -0.25) is 0 Å². The van der Waals surface area contributed by atoms with Gasteiger partial charge in [-0.05, 0) is 24.1 Å². The molecule has 16 heavy (non-hydrogen) atoms. The second kappa shape index (κ2) is 5.09. The number of halogens is 1. The molecule has 1 aromatic carbocycles. The molecule has 5 heteroatoms. The smallest absolute Gasteiger partial charge is 0.213 e. The Bertz CT molecular complexity index is 456. The molecule has 0 radical (unpaired) electrons. The first-order valence-corrected chi connectivity index (χ1v) is 5.34. The van der Waals surface area contributed by atoms with Crippen LogP contribution in [0.25, 0.3) is 0 Å². The third-order valence-electron chi connectivity index (χ3n) is 2.26. The van der Waals surface area contributed by atoms with E-state index < -0.39 is 0 Å². The van der Waals surface area contributed by atoms with Crippen LogP contribution in [0.5, 0.6) is 0 Å². The van der Waals surface area contributed by atoms with Crippen LogP contribution in [-0.4, -0.2) is 10.1 Å². The van der Waals surface area contributed by atoms with E-state index in [0.717, 1.165) is 22.7 Å². The Labute approximate surface area is 98.6 Å². The maximum atomic E-state index is 6.02. The average molecular weight is 238 g/mol. The van der Waals surface area contributed by atoms with Gasteiger partial charge in [0.25, 0.3) is 0 Å². The first-order chi connectivity index (χ1) is 7.75. The van der Waals surface area contributed by atoms with Gasteiger partial charge in [-0.15, -0.1) is 0 Å². The van der Waals surface area contributed by atoms with Crippen LogP contribution in [0, 0.1) is 6.92 Å². The van der Waals surface area contributed by atoms with Gasteiger partial charge in [-0.25, -0.2) is 0 Å². The summed E-state index contributed by atoms with van der Waals surface area (Å²) in [6.45, 7) is 3.30. The standard InChI is InChI=1S/C11H12ClN3O/c1-8-2-3-9(4-10(8)12)5-13-6-11-14-7-16-15-11/h2-4,7,13H,5-6H2,1H3. The van der Waals surface area contributed by atoms with Gasteiger partial charge in [0.15, 0.2) is 5.82 Å². The van der Waals surface area contributed by atoms with Gasteiger partial charge in [-0.2, -0.15) is 4.98 Å². The highest BCUT2D eigenvalue weighted by atomic mass is 35.5.